The molecule has 1 fully saturated rings. The highest BCUT2D eigenvalue weighted by molar-refractivity contribution is 5.83. The minimum Gasteiger partial charge on any atom is -0.310 e. The second-order valence-electron chi connectivity index (χ2n) is 8.81. The number of aromatic nitrogens is 1. The third-order valence-corrected chi connectivity index (χ3v) is 6.51. The van der Waals surface area contributed by atoms with Gasteiger partial charge in [-0.1, -0.05) is 68.5 Å². The van der Waals surface area contributed by atoms with Crippen LogP contribution in [0.3, 0.4) is 0 Å². The lowest BCUT2D eigenvalue weighted by atomic mass is 9.94. The van der Waals surface area contributed by atoms with Crippen LogP contribution in [0.4, 0.5) is 0 Å². The Morgan fingerprint density at radius 1 is 1.10 bits per heavy atom. The quantitative estimate of drug-likeness (QED) is 0.516. The molecule has 162 valence electrons. The van der Waals surface area contributed by atoms with Crippen LogP contribution in [0.1, 0.15) is 49.3 Å². The third-order valence-electron chi connectivity index (χ3n) is 6.51. The molecule has 4 rings (SSSR count). The Labute approximate surface area is 187 Å². The fourth-order valence-electron chi connectivity index (χ4n) is 4.64. The van der Waals surface area contributed by atoms with Crippen LogP contribution in [0, 0.1) is 0 Å². The molecule has 3 nitrogen and oxygen atoms in total. The Balaban J connectivity index is 1.27. The predicted molar refractivity (Wildman–Crippen MR) is 132 cm³/mol. The Morgan fingerprint density at radius 2 is 1.90 bits per heavy atom. The third kappa shape index (κ3) is 5.81. The van der Waals surface area contributed by atoms with Crippen LogP contribution in [0.25, 0.3) is 17.0 Å². The van der Waals surface area contributed by atoms with Gasteiger partial charge in [-0.15, -0.1) is 0 Å². The van der Waals surface area contributed by atoms with E-state index in [4.69, 9.17) is 0 Å². The molecular formula is C28H35N3. The Hall–Kier alpha value is -2.49. The van der Waals surface area contributed by atoms with Crippen LogP contribution in [0.15, 0.2) is 66.9 Å². The smallest absolute Gasteiger partial charge is 0.0705 e. The van der Waals surface area contributed by atoms with Crippen molar-refractivity contribution in [2.45, 2.75) is 45.1 Å². The average Bonchev–Trinajstić information content (AvgIpc) is 2.82. The predicted octanol–water partition coefficient (Wildman–Crippen LogP) is 5.67. The first-order valence-electron chi connectivity index (χ1n) is 11.8. The first kappa shape index (κ1) is 21.7. The zero-order chi connectivity index (χ0) is 21.5. The highest BCUT2D eigenvalue weighted by Gasteiger charge is 2.21. The van der Waals surface area contributed by atoms with Gasteiger partial charge in [-0.3, -0.25) is 4.98 Å². The van der Waals surface area contributed by atoms with Crippen molar-refractivity contribution >= 4 is 17.0 Å². The van der Waals surface area contributed by atoms with Gasteiger partial charge < -0.3 is 10.2 Å². The zero-order valence-corrected chi connectivity index (χ0v) is 18.9. The van der Waals surface area contributed by atoms with Gasteiger partial charge in [0.25, 0.3) is 0 Å². The summed E-state index contributed by atoms with van der Waals surface area (Å²) >= 11 is 0. The van der Waals surface area contributed by atoms with Gasteiger partial charge in [0.2, 0.25) is 0 Å². The lowest BCUT2D eigenvalue weighted by Gasteiger charge is -2.34. The summed E-state index contributed by atoms with van der Waals surface area (Å²) in [6, 6.07) is 20.1. The number of nitrogens with one attached hydrogen (secondary N) is 1. The minimum atomic E-state index is 0.510. The summed E-state index contributed by atoms with van der Waals surface area (Å²) in [6.07, 6.45) is 9.94. The van der Waals surface area contributed by atoms with E-state index in [2.05, 4.69) is 95.8 Å². The van der Waals surface area contributed by atoms with E-state index in [1.54, 1.807) is 0 Å². The molecule has 1 aliphatic rings. The molecule has 1 aliphatic heterocycles. The van der Waals surface area contributed by atoms with E-state index in [-0.39, 0.29) is 0 Å². The van der Waals surface area contributed by atoms with Gasteiger partial charge in [0.1, 0.15) is 0 Å². The van der Waals surface area contributed by atoms with Crippen LogP contribution in [0.5, 0.6) is 0 Å². The Morgan fingerprint density at radius 3 is 2.68 bits per heavy atom. The Bertz CT molecular complexity index is 988. The first-order chi connectivity index (χ1) is 15.2. The Kier molecular flexibility index (Phi) is 7.50. The summed E-state index contributed by atoms with van der Waals surface area (Å²) in [5.41, 5.74) is 5.14. The highest BCUT2D eigenvalue weighted by Crippen LogP contribution is 2.27. The fraction of sp³-hybridized carbons (Fsp3) is 0.393. The second-order valence-corrected chi connectivity index (χ2v) is 8.81. The van der Waals surface area contributed by atoms with Crippen molar-refractivity contribution in [2.75, 3.05) is 26.2 Å². The summed E-state index contributed by atoms with van der Waals surface area (Å²) in [5, 5.41) is 5.04. The SMILES string of the molecule is CCc1cnc2cccc(C(C)CN3CCC(NC/C=C/c4ccccc4)CC3)c2c1. The van der Waals surface area contributed by atoms with Gasteiger partial charge >= 0.3 is 0 Å². The van der Waals surface area contributed by atoms with Gasteiger partial charge in [0, 0.05) is 30.7 Å². The molecule has 0 radical (unpaired) electrons. The van der Waals surface area contributed by atoms with E-state index in [0.29, 0.717) is 12.0 Å². The second kappa shape index (κ2) is 10.7. The molecular weight excluding hydrogens is 378 g/mol. The van der Waals surface area contributed by atoms with Crippen LogP contribution in [-0.2, 0) is 6.42 Å². The van der Waals surface area contributed by atoms with Gasteiger partial charge in [0.05, 0.1) is 5.52 Å². The van der Waals surface area contributed by atoms with E-state index in [1.807, 2.05) is 6.20 Å². The molecule has 31 heavy (non-hydrogen) atoms. The van der Waals surface area contributed by atoms with Crippen molar-refractivity contribution in [3.8, 4) is 0 Å². The molecule has 1 atom stereocenters. The average molecular weight is 414 g/mol. The van der Waals surface area contributed by atoms with Crippen LogP contribution in [0.2, 0.25) is 0 Å². The van der Waals surface area contributed by atoms with Crippen molar-refractivity contribution in [3.63, 3.8) is 0 Å². The molecule has 1 unspecified atom stereocenters. The molecule has 1 aromatic heterocycles. The normalized spacial score (nSPS) is 16.8. The lowest BCUT2D eigenvalue weighted by Crippen LogP contribution is -2.43. The molecule has 3 heteroatoms. The lowest BCUT2D eigenvalue weighted by molar-refractivity contribution is 0.192. The number of fused-ring (bicyclic) bond motifs is 1. The van der Waals surface area contributed by atoms with Crippen LogP contribution in [-0.4, -0.2) is 42.1 Å². The monoisotopic (exact) mass is 413 g/mol. The maximum atomic E-state index is 4.68. The van der Waals surface area contributed by atoms with E-state index in [1.165, 1.54) is 48.0 Å². The van der Waals surface area contributed by atoms with Gasteiger partial charge in [-0.2, -0.15) is 0 Å². The molecule has 0 bridgehead atoms. The van der Waals surface area contributed by atoms with Crippen molar-refractivity contribution in [3.05, 3.63) is 83.6 Å². The summed E-state index contributed by atoms with van der Waals surface area (Å²) in [6.45, 7) is 8.98. The standard InChI is InChI=1S/C28H35N3/c1-3-23-19-27-26(12-7-13-28(27)30-20-23)22(2)21-31-17-14-25(15-18-31)29-16-8-11-24-9-5-4-6-10-24/h4-13,19-20,22,25,29H,3,14-18,21H2,1-2H3/b11-8+. The molecule has 0 aliphatic carbocycles. The summed E-state index contributed by atoms with van der Waals surface area (Å²) in [4.78, 5) is 7.32. The number of rotatable bonds is 8. The van der Waals surface area contributed by atoms with Gasteiger partial charge in [-0.05, 0) is 67.1 Å². The summed E-state index contributed by atoms with van der Waals surface area (Å²) in [5.74, 6) is 0.510. The number of benzene rings is 2. The van der Waals surface area contributed by atoms with Crippen molar-refractivity contribution < 1.29 is 0 Å². The number of nitrogens with zero attached hydrogens (tertiary/aromatic N) is 2. The molecule has 2 aromatic carbocycles. The van der Waals surface area contributed by atoms with Crippen molar-refractivity contribution in [1.29, 1.82) is 0 Å². The molecule has 1 saturated heterocycles. The first-order valence-corrected chi connectivity index (χ1v) is 11.8. The number of aryl methyl sites for hydroxylation is 1. The maximum absolute atomic E-state index is 4.68. The highest BCUT2D eigenvalue weighted by atomic mass is 15.1. The van der Waals surface area contributed by atoms with Crippen molar-refractivity contribution in [1.82, 2.24) is 15.2 Å². The zero-order valence-electron chi connectivity index (χ0n) is 18.9. The number of hydrogen-bond donors (Lipinski definition) is 1. The summed E-state index contributed by atoms with van der Waals surface area (Å²) < 4.78 is 0. The van der Waals surface area contributed by atoms with Gasteiger partial charge in [-0.25, -0.2) is 0 Å². The number of likely N-dealkylation sites (tertiary alicyclic amines) is 1. The maximum Gasteiger partial charge on any atom is 0.0705 e. The molecule has 0 spiro atoms. The van der Waals surface area contributed by atoms with E-state index in [9.17, 15) is 0 Å². The summed E-state index contributed by atoms with van der Waals surface area (Å²) in [7, 11) is 0. The number of piperidine rings is 1. The molecule has 2 heterocycles. The largest absolute Gasteiger partial charge is 0.310 e. The topological polar surface area (TPSA) is 28.2 Å². The number of pyridine rings is 1. The van der Waals surface area contributed by atoms with E-state index >= 15 is 0 Å². The molecule has 0 saturated carbocycles. The van der Waals surface area contributed by atoms with Gasteiger partial charge in [0.15, 0.2) is 0 Å². The van der Waals surface area contributed by atoms with Crippen LogP contribution >= 0.6 is 0 Å². The van der Waals surface area contributed by atoms with Crippen LogP contribution < -0.4 is 5.32 Å². The van der Waals surface area contributed by atoms with Crippen molar-refractivity contribution in [2.24, 2.45) is 0 Å². The number of hydrogen-bond acceptors (Lipinski definition) is 3. The molecule has 0 amide bonds. The molecule has 1 N–H and O–H groups in total. The molecule has 3 aromatic rings. The van der Waals surface area contributed by atoms with E-state index in [0.717, 1.165) is 25.0 Å². The minimum absolute atomic E-state index is 0.510. The van der Waals surface area contributed by atoms with E-state index < -0.39 is 0 Å². The fourth-order valence-corrected chi connectivity index (χ4v) is 4.64.